The van der Waals surface area contributed by atoms with Crippen molar-refractivity contribution in [2.75, 3.05) is 11.5 Å². The summed E-state index contributed by atoms with van der Waals surface area (Å²) in [6.45, 7) is 2.16. The Morgan fingerprint density at radius 1 is 1.30 bits per heavy atom. The zero-order chi connectivity index (χ0) is 14.8. The van der Waals surface area contributed by atoms with Gasteiger partial charge in [0, 0.05) is 17.2 Å². The number of hydrogen-bond donors (Lipinski definition) is 2. The summed E-state index contributed by atoms with van der Waals surface area (Å²) >= 11 is 1.66. The quantitative estimate of drug-likeness (QED) is 0.502. The van der Waals surface area contributed by atoms with Crippen LogP contribution in [0.2, 0.25) is 0 Å². The molecule has 1 rings (SSSR count). The van der Waals surface area contributed by atoms with E-state index >= 15 is 0 Å². The molecule has 20 heavy (non-hydrogen) atoms. The molecule has 3 nitrogen and oxygen atoms in total. The minimum absolute atomic E-state index is 0.234. The molecule has 112 valence electrons. The van der Waals surface area contributed by atoms with Crippen LogP contribution in [0.4, 0.5) is 5.69 Å². The topological polar surface area (TPSA) is 63.3 Å². The van der Waals surface area contributed by atoms with Crippen LogP contribution in [-0.2, 0) is 10.5 Å². The second-order valence-electron chi connectivity index (χ2n) is 5.10. The average molecular weight is 295 g/mol. The Morgan fingerprint density at radius 2 is 2.05 bits per heavy atom. The maximum absolute atomic E-state index is 11.2. The zero-order valence-electron chi connectivity index (χ0n) is 12.2. The molecule has 0 saturated carbocycles. The molecular formula is C16H25NO2S. The Labute approximate surface area is 125 Å². The molecule has 1 atom stereocenters. The molecule has 1 aromatic rings. The van der Waals surface area contributed by atoms with Crippen LogP contribution in [0.3, 0.4) is 0 Å². The molecule has 1 unspecified atom stereocenters. The molecule has 0 radical (unpaired) electrons. The molecule has 0 aliphatic carbocycles. The Kier molecular flexibility index (Phi) is 8.19. The third kappa shape index (κ3) is 6.33. The van der Waals surface area contributed by atoms with E-state index in [1.807, 2.05) is 24.3 Å². The molecule has 1 aromatic carbocycles. The van der Waals surface area contributed by atoms with Gasteiger partial charge in [0.1, 0.15) is 0 Å². The van der Waals surface area contributed by atoms with Crippen LogP contribution in [0.5, 0.6) is 0 Å². The summed E-state index contributed by atoms with van der Waals surface area (Å²) < 4.78 is 0. The number of nitrogens with two attached hydrogens (primary N) is 1. The highest BCUT2D eigenvalue weighted by molar-refractivity contribution is 7.98. The molecule has 0 amide bonds. The Morgan fingerprint density at radius 3 is 2.70 bits per heavy atom. The van der Waals surface area contributed by atoms with Gasteiger partial charge in [-0.1, -0.05) is 50.8 Å². The van der Waals surface area contributed by atoms with Crippen molar-refractivity contribution in [3.05, 3.63) is 29.8 Å². The van der Waals surface area contributed by atoms with E-state index in [4.69, 9.17) is 5.73 Å². The molecule has 0 heterocycles. The highest BCUT2D eigenvalue weighted by Crippen LogP contribution is 2.22. The van der Waals surface area contributed by atoms with E-state index in [2.05, 4.69) is 6.92 Å². The van der Waals surface area contributed by atoms with Crippen LogP contribution in [0.15, 0.2) is 24.3 Å². The highest BCUT2D eigenvalue weighted by atomic mass is 32.2. The summed E-state index contributed by atoms with van der Waals surface area (Å²) in [4.78, 5) is 11.2. The van der Waals surface area contributed by atoms with Crippen molar-refractivity contribution in [1.29, 1.82) is 0 Å². The van der Waals surface area contributed by atoms with Gasteiger partial charge in [-0.05, 0) is 18.1 Å². The lowest BCUT2D eigenvalue weighted by molar-refractivity contribution is -0.141. The number of unbranched alkanes of at least 4 members (excludes halogenated alkanes) is 3. The normalized spacial score (nSPS) is 12.2. The summed E-state index contributed by atoms with van der Waals surface area (Å²) in [5.41, 5.74) is 7.76. The van der Waals surface area contributed by atoms with Gasteiger partial charge in [-0.2, -0.15) is 11.8 Å². The van der Waals surface area contributed by atoms with Gasteiger partial charge in [0.15, 0.2) is 0 Å². The van der Waals surface area contributed by atoms with Crippen LogP contribution >= 0.6 is 11.8 Å². The van der Waals surface area contributed by atoms with Crippen LogP contribution in [0.1, 0.15) is 44.6 Å². The highest BCUT2D eigenvalue weighted by Gasteiger charge is 2.16. The first-order chi connectivity index (χ1) is 9.65. The van der Waals surface area contributed by atoms with Crippen LogP contribution < -0.4 is 5.73 Å². The van der Waals surface area contributed by atoms with Gasteiger partial charge < -0.3 is 10.8 Å². The van der Waals surface area contributed by atoms with E-state index in [1.165, 1.54) is 12.8 Å². The van der Waals surface area contributed by atoms with Gasteiger partial charge in [-0.25, -0.2) is 0 Å². The number of carboxylic acids is 1. The second-order valence-corrected chi connectivity index (χ2v) is 6.13. The van der Waals surface area contributed by atoms with Crippen molar-refractivity contribution in [3.63, 3.8) is 0 Å². The molecular weight excluding hydrogens is 270 g/mol. The molecule has 0 saturated heterocycles. The average Bonchev–Trinajstić information content (AvgIpc) is 2.43. The van der Waals surface area contributed by atoms with Crippen molar-refractivity contribution < 1.29 is 9.90 Å². The van der Waals surface area contributed by atoms with Crippen LogP contribution in [-0.4, -0.2) is 16.8 Å². The number of para-hydroxylation sites is 1. The van der Waals surface area contributed by atoms with Gasteiger partial charge in [-0.3, -0.25) is 4.79 Å². The van der Waals surface area contributed by atoms with Crippen molar-refractivity contribution in [2.45, 2.75) is 44.8 Å². The fourth-order valence-electron chi connectivity index (χ4n) is 2.07. The van der Waals surface area contributed by atoms with E-state index in [9.17, 15) is 9.90 Å². The Balaban J connectivity index is 2.32. The molecule has 3 N–H and O–H groups in total. The number of nitrogen functional groups attached to an aromatic ring is 1. The first-order valence-electron chi connectivity index (χ1n) is 7.29. The molecule has 4 heteroatoms. The number of carbonyl (C=O) groups is 1. The van der Waals surface area contributed by atoms with Gasteiger partial charge in [0.05, 0.1) is 5.92 Å². The SMILES string of the molecule is CCCCCCC(CSCc1ccccc1N)C(=O)O. The lowest BCUT2D eigenvalue weighted by Gasteiger charge is -2.12. The van der Waals surface area contributed by atoms with Crippen molar-refractivity contribution in [2.24, 2.45) is 5.92 Å². The first-order valence-corrected chi connectivity index (χ1v) is 8.44. The minimum Gasteiger partial charge on any atom is -0.481 e. The number of thioether (sulfide) groups is 1. The van der Waals surface area contributed by atoms with E-state index in [-0.39, 0.29) is 5.92 Å². The van der Waals surface area contributed by atoms with E-state index < -0.39 is 5.97 Å². The summed E-state index contributed by atoms with van der Waals surface area (Å²) in [5, 5.41) is 9.24. The Bertz CT molecular complexity index is 409. The van der Waals surface area contributed by atoms with Gasteiger partial charge in [-0.15, -0.1) is 0 Å². The van der Waals surface area contributed by atoms with E-state index in [0.717, 1.165) is 36.3 Å². The van der Waals surface area contributed by atoms with Crippen molar-refractivity contribution >= 4 is 23.4 Å². The number of hydrogen-bond acceptors (Lipinski definition) is 3. The fourth-order valence-corrected chi connectivity index (χ4v) is 3.27. The van der Waals surface area contributed by atoms with Gasteiger partial charge in [0.2, 0.25) is 0 Å². The summed E-state index contributed by atoms with van der Waals surface area (Å²) in [5.74, 6) is 0.540. The minimum atomic E-state index is -0.671. The summed E-state index contributed by atoms with van der Waals surface area (Å²) in [6.07, 6.45) is 5.31. The van der Waals surface area contributed by atoms with Crippen molar-refractivity contribution in [1.82, 2.24) is 0 Å². The van der Waals surface area contributed by atoms with Gasteiger partial charge >= 0.3 is 5.97 Å². The number of benzene rings is 1. The lowest BCUT2D eigenvalue weighted by Crippen LogP contribution is -2.16. The first kappa shape index (κ1) is 16.9. The summed E-state index contributed by atoms with van der Waals surface area (Å²) in [6, 6.07) is 7.76. The monoisotopic (exact) mass is 295 g/mol. The number of rotatable bonds is 10. The van der Waals surface area contributed by atoms with E-state index in [1.54, 1.807) is 11.8 Å². The third-order valence-electron chi connectivity index (χ3n) is 3.39. The van der Waals surface area contributed by atoms with Gasteiger partial charge in [0.25, 0.3) is 0 Å². The molecule has 0 aromatic heterocycles. The molecule has 0 fully saturated rings. The molecule has 0 aliphatic rings. The maximum Gasteiger partial charge on any atom is 0.307 e. The zero-order valence-corrected chi connectivity index (χ0v) is 13.0. The van der Waals surface area contributed by atoms with Crippen molar-refractivity contribution in [3.8, 4) is 0 Å². The predicted molar refractivity (Wildman–Crippen MR) is 86.9 cm³/mol. The van der Waals surface area contributed by atoms with Crippen LogP contribution in [0.25, 0.3) is 0 Å². The van der Waals surface area contributed by atoms with Crippen LogP contribution in [0, 0.1) is 5.92 Å². The van der Waals surface area contributed by atoms with E-state index in [0.29, 0.717) is 5.75 Å². The second kappa shape index (κ2) is 9.70. The number of aliphatic carboxylic acids is 1. The molecule has 0 bridgehead atoms. The largest absolute Gasteiger partial charge is 0.481 e. The predicted octanol–water partition coefficient (Wildman–Crippen LogP) is 4.17. The molecule has 0 aliphatic heterocycles. The standard InChI is InChI=1S/C16H25NO2S/c1-2-3-4-5-9-14(16(18)19)12-20-11-13-8-6-7-10-15(13)17/h6-8,10,14H,2-5,9,11-12,17H2,1H3,(H,18,19). The lowest BCUT2D eigenvalue weighted by atomic mass is 10.0. The number of carboxylic acid groups (broad SMARTS) is 1. The smallest absolute Gasteiger partial charge is 0.307 e. The summed E-state index contributed by atoms with van der Waals surface area (Å²) in [7, 11) is 0. The third-order valence-corrected chi connectivity index (χ3v) is 4.54. The number of anilines is 1. The maximum atomic E-state index is 11.2. The fraction of sp³-hybridized carbons (Fsp3) is 0.562. The molecule has 0 spiro atoms. The Hall–Kier alpha value is -1.16.